The van der Waals surface area contributed by atoms with Gasteiger partial charge < -0.3 is 15.2 Å². The van der Waals surface area contributed by atoms with Crippen LogP contribution in [0.5, 0.6) is 5.75 Å². The monoisotopic (exact) mass is 460 g/mol. The zero-order valence-corrected chi connectivity index (χ0v) is 18.7. The van der Waals surface area contributed by atoms with E-state index >= 15 is 0 Å². The first-order valence-electron chi connectivity index (χ1n) is 10.5. The summed E-state index contributed by atoms with van der Waals surface area (Å²) >= 11 is 0. The van der Waals surface area contributed by atoms with Gasteiger partial charge in [-0.25, -0.2) is 13.2 Å². The number of ether oxygens (including phenoxy) is 1. The zero-order valence-electron chi connectivity index (χ0n) is 17.9. The lowest BCUT2D eigenvalue weighted by Gasteiger charge is -2.37. The Bertz CT molecular complexity index is 1020. The number of nitrogens with one attached hydrogen (secondary N) is 2. The van der Waals surface area contributed by atoms with Crippen LogP contribution in [0.2, 0.25) is 0 Å². The maximum Gasteiger partial charge on any atom is 0.335 e. The first-order valence-corrected chi connectivity index (χ1v) is 12.3. The molecule has 0 aromatic heterocycles. The van der Waals surface area contributed by atoms with E-state index in [9.17, 15) is 18.0 Å². The van der Waals surface area contributed by atoms with Gasteiger partial charge in [0.2, 0.25) is 5.91 Å². The number of carboxylic acids is 1. The van der Waals surface area contributed by atoms with Gasteiger partial charge in [-0.15, -0.1) is 0 Å². The van der Waals surface area contributed by atoms with Crippen molar-refractivity contribution in [3.63, 3.8) is 0 Å². The minimum atomic E-state index is -3.16. The minimum Gasteiger partial charge on any atom is -0.492 e. The van der Waals surface area contributed by atoms with Crippen molar-refractivity contribution in [3.8, 4) is 5.75 Å². The molecule has 32 heavy (non-hydrogen) atoms. The fraction of sp³-hybridized carbons (Fsp3) is 0.391. The molecule has 0 aliphatic carbocycles. The molecule has 3 rings (SSSR count). The molecule has 1 aliphatic rings. The summed E-state index contributed by atoms with van der Waals surface area (Å²) < 4.78 is 29.6. The lowest BCUT2D eigenvalue weighted by Crippen LogP contribution is -2.61. The van der Waals surface area contributed by atoms with Crippen molar-refractivity contribution in [2.24, 2.45) is 0 Å². The Morgan fingerprint density at radius 2 is 1.69 bits per heavy atom. The van der Waals surface area contributed by atoms with Crippen molar-refractivity contribution in [3.05, 3.63) is 65.7 Å². The van der Waals surface area contributed by atoms with Crippen LogP contribution in [-0.2, 0) is 14.6 Å². The first-order chi connectivity index (χ1) is 15.2. The highest BCUT2D eigenvalue weighted by Gasteiger charge is 2.43. The minimum absolute atomic E-state index is 0.0609. The predicted octanol–water partition coefficient (Wildman–Crippen LogP) is 2.18. The molecule has 0 bridgehead atoms. The second-order valence-corrected chi connectivity index (χ2v) is 10.2. The second kappa shape index (κ2) is 10.1. The van der Waals surface area contributed by atoms with Crippen LogP contribution in [0.1, 0.15) is 41.7 Å². The summed E-state index contributed by atoms with van der Waals surface area (Å²) in [4.78, 5) is 24.3. The quantitative estimate of drug-likeness (QED) is 0.490. The third kappa shape index (κ3) is 6.08. The standard InChI is InChI=1S/C23H28N2O6S/c1-17(18-7-9-19(10-8-18)21(26)27)25-22(28)23(11-15-32(29,30)16-12-23)24-13-14-31-20-5-3-2-4-6-20/h2-10,17,24H,11-16H2,1H3,(H,25,28)(H,26,27)/t17-/m0/s1. The van der Waals surface area contributed by atoms with Crippen molar-refractivity contribution in [1.29, 1.82) is 0 Å². The highest BCUT2D eigenvalue weighted by atomic mass is 32.2. The number of sulfone groups is 1. The van der Waals surface area contributed by atoms with E-state index < -0.39 is 21.3 Å². The fourth-order valence-corrected chi connectivity index (χ4v) is 5.20. The zero-order chi connectivity index (χ0) is 23.2. The molecule has 172 valence electrons. The third-order valence-electron chi connectivity index (χ3n) is 5.70. The molecule has 1 fully saturated rings. The molecule has 0 unspecified atom stereocenters. The van der Waals surface area contributed by atoms with E-state index in [1.165, 1.54) is 12.1 Å². The number of carbonyl (C=O) groups is 2. The van der Waals surface area contributed by atoms with E-state index in [1.54, 1.807) is 19.1 Å². The van der Waals surface area contributed by atoms with Crippen molar-refractivity contribution in [2.75, 3.05) is 24.7 Å². The van der Waals surface area contributed by atoms with Gasteiger partial charge in [-0.1, -0.05) is 30.3 Å². The van der Waals surface area contributed by atoms with E-state index in [-0.39, 0.29) is 41.9 Å². The maximum absolute atomic E-state index is 13.3. The number of carbonyl (C=O) groups excluding carboxylic acids is 1. The molecule has 1 saturated heterocycles. The van der Waals surface area contributed by atoms with Gasteiger partial charge in [-0.3, -0.25) is 10.1 Å². The van der Waals surface area contributed by atoms with Gasteiger partial charge in [0.1, 0.15) is 22.2 Å². The Balaban J connectivity index is 1.65. The lowest BCUT2D eigenvalue weighted by atomic mass is 9.90. The normalized spacial score (nSPS) is 17.8. The summed E-state index contributed by atoms with van der Waals surface area (Å²) in [5.41, 5.74) is -0.0867. The molecule has 1 atom stereocenters. The summed E-state index contributed by atoms with van der Waals surface area (Å²) in [7, 11) is -3.16. The molecule has 0 radical (unpaired) electrons. The van der Waals surface area contributed by atoms with E-state index in [4.69, 9.17) is 9.84 Å². The highest BCUT2D eigenvalue weighted by Crippen LogP contribution is 2.26. The number of benzene rings is 2. The predicted molar refractivity (Wildman–Crippen MR) is 121 cm³/mol. The molecule has 1 heterocycles. The Hall–Kier alpha value is -2.91. The molecule has 1 aliphatic heterocycles. The van der Waals surface area contributed by atoms with Gasteiger partial charge in [0, 0.05) is 6.54 Å². The molecule has 8 nitrogen and oxygen atoms in total. The van der Waals surface area contributed by atoms with Crippen LogP contribution in [0.4, 0.5) is 0 Å². The summed E-state index contributed by atoms with van der Waals surface area (Å²) in [5, 5.41) is 15.2. The van der Waals surface area contributed by atoms with Crippen molar-refractivity contribution >= 4 is 21.7 Å². The number of aromatic carboxylic acids is 1. The number of hydrogen-bond acceptors (Lipinski definition) is 6. The van der Waals surface area contributed by atoms with Gasteiger partial charge in [-0.2, -0.15) is 0 Å². The average molecular weight is 461 g/mol. The van der Waals surface area contributed by atoms with Gasteiger partial charge in [0.25, 0.3) is 0 Å². The SMILES string of the molecule is C[C@H](NC(=O)C1(NCCOc2ccccc2)CCS(=O)(=O)CC1)c1ccc(C(=O)O)cc1. The summed E-state index contributed by atoms with van der Waals surface area (Å²) in [6.45, 7) is 2.52. The average Bonchev–Trinajstić information content (AvgIpc) is 2.78. The molecular formula is C23H28N2O6S. The third-order valence-corrected chi connectivity index (χ3v) is 7.35. The molecule has 2 aromatic rings. The smallest absolute Gasteiger partial charge is 0.335 e. The summed E-state index contributed by atoms with van der Waals surface area (Å²) in [5.74, 6) is -0.694. The fourth-order valence-electron chi connectivity index (χ4n) is 3.68. The molecule has 1 amide bonds. The summed E-state index contributed by atoms with van der Waals surface area (Å²) in [6, 6.07) is 15.2. The van der Waals surface area contributed by atoms with Gasteiger partial charge >= 0.3 is 5.97 Å². The van der Waals surface area contributed by atoms with Gasteiger partial charge in [0.15, 0.2) is 0 Å². The molecule has 3 N–H and O–H groups in total. The number of para-hydroxylation sites is 1. The van der Waals surface area contributed by atoms with Crippen LogP contribution in [0.3, 0.4) is 0 Å². The van der Waals surface area contributed by atoms with Gasteiger partial charge in [-0.05, 0) is 49.6 Å². The number of hydrogen-bond donors (Lipinski definition) is 3. The highest BCUT2D eigenvalue weighted by molar-refractivity contribution is 7.91. The van der Waals surface area contributed by atoms with E-state index in [1.807, 2.05) is 30.3 Å². The summed E-state index contributed by atoms with van der Waals surface area (Å²) in [6.07, 6.45) is 0.356. The van der Waals surface area contributed by atoms with Crippen LogP contribution in [0, 0.1) is 0 Å². The number of carboxylic acid groups (broad SMARTS) is 1. The van der Waals surface area contributed by atoms with E-state index in [2.05, 4.69) is 10.6 Å². The van der Waals surface area contributed by atoms with Gasteiger partial charge in [0.05, 0.1) is 28.6 Å². The van der Waals surface area contributed by atoms with Crippen molar-refractivity contribution in [1.82, 2.24) is 10.6 Å². The largest absolute Gasteiger partial charge is 0.492 e. The van der Waals surface area contributed by atoms with Crippen molar-refractivity contribution < 1.29 is 27.9 Å². The molecule has 0 saturated carbocycles. The lowest BCUT2D eigenvalue weighted by molar-refractivity contribution is -0.128. The Morgan fingerprint density at radius 3 is 2.28 bits per heavy atom. The Labute approximate surface area is 187 Å². The van der Waals surface area contributed by atoms with Crippen LogP contribution in [0.15, 0.2) is 54.6 Å². The Morgan fingerprint density at radius 1 is 1.06 bits per heavy atom. The second-order valence-electron chi connectivity index (χ2n) is 7.94. The molecular weight excluding hydrogens is 432 g/mol. The van der Waals surface area contributed by atoms with E-state index in [0.29, 0.717) is 13.2 Å². The van der Waals surface area contributed by atoms with Crippen molar-refractivity contribution in [2.45, 2.75) is 31.3 Å². The maximum atomic E-state index is 13.3. The number of rotatable bonds is 9. The van der Waals surface area contributed by atoms with E-state index in [0.717, 1.165) is 11.3 Å². The number of amides is 1. The molecule has 0 spiro atoms. The topological polar surface area (TPSA) is 122 Å². The molecule has 9 heteroatoms. The van der Waals surface area contributed by atoms with Crippen LogP contribution < -0.4 is 15.4 Å². The van der Waals surface area contributed by atoms with Crippen LogP contribution in [-0.4, -0.2) is 55.6 Å². The first kappa shape index (κ1) is 23.7. The Kier molecular flexibility index (Phi) is 7.52. The van der Waals surface area contributed by atoms with Crippen LogP contribution in [0.25, 0.3) is 0 Å². The van der Waals surface area contributed by atoms with Crippen LogP contribution >= 0.6 is 0 Å². The molecule has 2 aromatic carbocycles.